The average Bonchev–Trinajstić information content (AvgIpc) is 2.58. The summed E-state index contributed by atoms with van der Waals surface area (Å²) in [5.41, 5.74) is 1.18. The Hall–Kier alpha value is -1.15. The molecule has 0 unspecified atom stereocenters. The first kappa shape index (κ1) is 7.50. The van der Waals surface area contributed by atoms with Crippen LogP contribution in [0.1, 0.15) is 11.7 Å². The highest BCUT2D eigenvalue weighted by molar-refractivity contribution is 6.30. The Morgan fingerprint density at radius 1 is 1.00 bits per heavy atom. The summed E-state index contributed by atoms with van der Waals surface area (Å²) in [5.74, 6) is 0. The highest BCUT2D eigenvalue weighted by Gasteiger charge is 2.09. The van der Waals surface area contributed by atoms with Crippen molar-refractivity contribution in [2.75, 3.05) is 0 Å². The van der Waals surface area contributed by atoms with Crippen molar-refractivity contribution in [2.24, 2.45) is 0 Å². The van der Waals surface area contributed by atoms with Gasteiger partial charge in [0.25, 0.3) is 0 Å². The Balaban J connectivity index is 2.18. The zero-order valence-corrected chi connectivity index (χ0v) is 7.18. The van der Waals surface area contributed by atoms with E-state index in [0.717, 1.165) is 5.02 Å². The van der Waals surface area contributed by atoms with E-state index in [-0.39, 0.29) is 6.17 Å². The SMILES string of the molecule is Clc1ccc(C2NC=CN2)cc1. The van der Waals surface area contributed by atoms with Gasteiger partial charge >= 0.3 is 0 Å². The molecule has 3 heteroatoms. The Morgan fingerprint density at radius 2 is 1.58 bits per heavy atom. The summed E-state index contributed by atoms with van der Waals surface area (Å²) in [6, 6.07) is 7.77. The molecular weight excluding hydrogens is 172 g/mol. The molecule has 62 valence electrons. The monoisotopic (exact) mass is 180 g/mol. The highest BCUT2D eigenvalue weighted by Crippen LogP contribution is 2.15. The second-order valence-electron chi connectivity index (χ2n) is 2.65. The molecule has 1 heterocycles. The first-order chi connectivity index (χ1) is 5.86. The van der Waals surface area contributed by atoms with Gasteiger partial charge < -0.3 is 10.6 Å². The van der Waals surface area contributed by atoms with Crippen molar-refractivity contribution in [3.8, 4) is 0 Å². The second-order valence-corrected chi connectivity index (χ2v) is 3.09. The van der Waals surface area contributed by atoms with Gasteiger partial charge in [-0.25, -0.2) is 0 Å². The number of nitrogens with one attached hydrogen (secondary N) is 2. The summed E-state index contributed by atoms with van der Waals surface area (Å²) in [5, 5.41) is 7.08. The van der Waals surface area contributed by atoms with E-state index in [4.69, 9.17) is 11.6 Å². The Morgan fingerprint density at radius 3 is 2.17 bits per heavy atom. The van der Waals surface area contributed by atoms with Crippen molar-refractivity contribution < 1.29 is 0 Å². The second kappa shape index (κ2) is 3.07. The van der Waals surface area contributed by atoms with Crippen LogP contribution in [-0.4, -0.2) is 0 Å². The van der Waals surface area contributed by atoms with Gasteiger partial charge in [-0.3, -0.25) is 0 Å². The number of rotatable bonds is 1. The molecule has 1 aromatic rings. The van der Waals surface area contributed by atoms with Crippen molar-refractivity contribution in [1.29, 1.82) is 0 Å². The van der Waals surface area contributed by atoms with E-state index >= 15 is 0 Å². The molecule has 2 N–H and O–H groups in total. The van der Waals surface area contributed by atoms with Crippen molar-refractivity contribution in [3.63, 3.8) is 0 Å². The summed E-state index contributed by atoms with van der Waals surface area (Å²) in [4.78, 5) is 0. The highest BCUT2D eigenvalue weighted by atomic mass is 35.5. The molecule has 2 rings (SSSR count). The molecule has 0 bridgehead atoms. The van der Waals surface area contributed by atoms with Crippen LogP contribution in [0.2, 0.25) is 5.02 Å². The fourth-order valence-corrected chi connectivity index (χ4v) is 1.31. The molecule has 0 spiro atoms. The molecule has 0 saturated carbocycles. The maximum Gasteiger partial charge on any atom is 0.122 e. The van der Waals surface area contributed by atoms with Crippen LogP contribution in [0.4, 0.5) is 0 Å². The van der Waals surface area contributed by atoms with Crippen LogP contribution in [0.25, 0.3) is 0 Å². The first-order valence-corrected chi connectivity index (χ1v) is 4.17. The lowest BCUT2D eigenvalue weighted by Crippen LogP contribution is -2.20. The van der Waals surface area contributed by atoms with Gasteiger partial charge in [0.2, 0.25) is 0 Å². The van der Waals surface area contributed by atoms with Crippen molar-refractivity contribution in [1.82, 2.24) is 10.6 Å². The first-order valence-electron chi connectivity index (χ1n) is 3.79. The van der Waals surface area contributed by atoms with Crippen LogP contribution in [0.5, 0.6) is 0 Å². The van der Waals surface area contributed by atoms with E-state index in [1.165, 1.54) is 5.56 Å². The molecule has 12 heavy (non-hydrogen) atoms. The van der Waals surface area contributed by atoms with Gasteiger partial charge in [0.05, 0.1) is 0 Å². The van der Waals surface area contributed by atoms with Gasteiger partial charge in [0.15, 0.2) is 0 Å². The maximum atomic E-state index is 5.76. The number of halogens is 1. The minimum absolute atomic E-state index is 0.197. The summed E-state index contributed by atoms with van der Waals surface area (Å²) in [6.45, 7) is 0. The molecule has 0 aliphatic carbocycles. The van der Waals surface area contributed by atoms with Gasteiger partial charge in [0.1, 0.15) is 6.17 Å². The fraction of sp³-hybridized carbons (Fsp3) is 0.111. The van der Waals surface area contributed by atoms with Crippen molar-refractivity contribution in [2.45, 2.75) is 6.17 Å². The summed E-state index contributed by atoms with van der Waals surface area (Å²) < 4.78 is 0. The molecule has 0 aromatic heterocycles. The third kappa shape index (κ3) is 1.38. The summed E-state index contributed by atoms with van der Waals surface area (Å²) in [7, 11) is 0. The third-order valence-electron chi connectivity index (χ3n) is 1.81. The number of hydrogen-bond acceptors (Lipinski definition) is 2. The molecule has 0 amide bonds. The predicted molar refractivity (Wildman–Crippen MR) is 49.6 cm³/mol. The maximum absolute atomic E-state index is 5.76. The van der Waals surface area contributed by atoms with Gasteiger partial charge in [-0.05, 0) is 17.7 Å². The normalized spacial score (nSPS) is 15.8. The minimum atomic E-state index is 0.197. The molecule has 0 saturated heterocycles. The summed E-state index contributed by atoms with van der Waals surface area (Å²) in [6.07, 6.45) is 3.97. The molecule has 1 aromatic carbocycles. The van der Waals surface area contributed by atoms with E-state index < -0.39 is 0 Å². The Labute approximate surface area is 76.2 Å². The predicted octanol–water partition coefficient (Wildman–Crippen LogP) is 2.00. The molecule has 1 aliphatic rings. The largest absolute Gasteiger partial charge is 0.366 e. The zero-order valence-electron chi connectivity index (χ0n) is 6.42. The van der Waals surface area contributed by atoms with E-state index in [9.17, 15) is 0 Å². The van der Waals surface area contributed by atoms with E-state index in [2.05, 4.69) is 10.6 Å². The Kier molecular flexibility index (Phi) is 1.92. The fourth-order valence-electron chi connectivity index (χ4n) is 1.18. The third-order valence-corrected chi connectivity index (χ3v) is 2.06. The van der Waals surface area contributed by atoms with Gasteiger partial charge in [-0.1, -0.05) is 23.7 Å². The lowest BCUT2D eigenvalue weighted by molar-refractivity contribution is 0.608. The van der Waals surface area contributed by atoms with E-state index in [1.54, 1.807) is 0 Å². The molecule has 1 aliphatic heterocycles. The van der Waals surface area contributed by atoms with E-state index in [1.807, 2.05) is 36.7 Å². The number of hydrogen-bond donors (Lipinski definition) is 2. The zero-order chi connectivity index (χ0) is 8.39. The van der Waals surface area contributed by atoms with Crippen molar-refractivity contribution in [3.05, 3.63) is 47.3 Å². The lowest BCUT2D eigenvalue weighted by Gasteiger charge is -2.11. The smallest absolute Gasteiger partial charge is 0.122 e. The van der Waals surface area contributed by atoms with Crippen LogP contribution in [0.15, 0.2) is 36.7 Å². The standard InChI is InChI=1S/C9H9ClN2/c10-8-3-1-7(2-4-8)9-11-5-6-12-9/h1-6,9,11-12H. The average molecular weight is 181 g/mol. The van der Waals surface area contributed by atoms with Crippen LogP contribution in [-0.2, 0) is 0 Å². The van der Waals surface area contributed by atoms with Crippen LogP contribution < -0.4 is 10.6 Å². The van der Waals surface area contributed by atoms with Gasteiger partial charge in [-0.2, -0.15) is 0 Å². The molecule has 0 fully saturated rings. The lowest BCUT2D eigenvalue weighted by atomic mass is 10.2. The van der Waals surface area contributed by atoms with Crippen LogP contribution in [0, 0.1) is 0 Å². The molecule has 2 nitrogen and oxygen atoms in total. The molecular formula is C9H9ClN2. The topological polar surface area (TPSA) is 24.1 Å². The molecule has 0 radical (unpaired) electrons. The van der Waals surface area contributed by atoms with E-state index in [0.29, 0.717) is 0 Å². The van der Waals surface area contributed by atoms with Crippen molar-refractivity contribution >= 4 is 11.6 Å². The Bertz CT molecular complexity index is 284. The van der Waals surface area contributed by atoms with Crippen LogP contribution >= 0.6 is 11.6 Å². The van der Waals surface area contributed by atoms with Gasteiger partial charge in [0, 0.05) is 17.4 Å². The number of benzene rings is 1. The molecule has 0 atom stereocenters. The summed E-state index contributed by atoms with van der Waals surface area (Å²) >= 11 is 5.76. The van der Waals surface area contributed by atoms with Crippen LogP contribution in [0.3, 0.4) is 0 Å². The van der Waals surface area contributed by atoms with Gasteiger partial charge in [-0.15, -0.1) is 0 Å². The minimum Gasteiger partial charge on any atom is -0.366 e. The quantitative estimate of drug-likeness (QED) is 0.691.